The normalized spacial score (nSPS) is 10.3. The monoisotopic (exact) mass is 391 g/mol. The van der Waals surface area contributed by atoms with E-state index in [1.54, 1.807) is 61.6 Å². The molecule has 2 aromatic carbocycles. The number of rotatable bonds is 6. The van der Waals surface area contributed by atoms with E-state index in [4.69, 9.17) is 4.42 Å². The third-order valence-corrected chi connectivity index (χ3v) is 4.35. The maximum Gasteiger partial charge on any atom is 0.291 e. The molecule has 0 radical (unpaired) electrons. The topological polar surface area (TPSA) is 100 Å². The van der Waals surface area contributed by atoms with Crippen LogP contribution in [0.15, 0.2) is 65.3 Å². The van der Waals surface area contributed by atoms with Gasteiger partial charge in [0, 0.05) is 24.0 Å². The Morgan fingerprint density at radius 3 is 2.34 bits per heavy atom. The number of carbonyl (C=O) groups is 3. The van der Waals surface area contributed by atoms with Crippen LogP contribution in [0.3, 0.4) is 0 Å². The van der Waals surface area contributed by atoms with Gasteiger partial charge in [-0.15, -0.1) is 0 Å². The molecule has 0 aliphatic heterocycles. The van der Waals surface area contributed by atoms with Crippen LogP contribution in [-0.2, 0) is 11.2 Å². The first-order valence-electron chi connectivity index (χ1n) is 9.02. The van der Waals surface area contributed by atoms with E-state index in [0.717, 1.165) is 11.1 Å². The Labute approximate surface area is 168 Å². The quantitative estimate of drug-likeness (QED) is 0.600. The molecule has 0 unspecified atom stereocenters. The Balaban J connectivity index is 1.69. The molecule has 0 saturated carbocycles. The highest BCUT2D eigenvalue weighted by molar-refractivity contribution is 6.07. The van der Waals surface area contributed by atoms with Crippen molar-refractivity contribution in [1.29, 1.82) is 0 Å². The predicted molar refractivity (Wildman–Crippen MR) is 110 cm³/mol. The minimum atomic E-state index is -0.387. The second kappa shape index (κ2) is 8.88. The molecule has 0 saturated heterocycles. The van der Waals surface area contributed by atoms with Crippen LogP contribution in [-0.4, -0.2) is 24.8 Å². The van der Waals surface area contributed by atoms with Crippen LogP contribution in [0.4, 0.5) is 11.4 Å². The molecule has 0 aliphatic rings. The number of benzene rings is 2. The average molecular weight is 391 g/mol. The summed E-state index contributed by atoms with van der Waals surface area (Å²) < 4.78 is 5.09. The van der Waals surface area contributed by atoms with Crippen molar-refractivity contribution in [2.45, 2.75) is 13.3 Å². The number of furan rings is 1. The molecule has 148 valence electrons. The van der Waals surface area contributed by atoms with Crippen molar-refractivity contribution in [3.8, 4) is 0 Å². The minimum absolute atomic E-state index is 0.0782. The predicted octanol–water partition coefficient (Wildman–Crippen LogP) is 3.38. The maximum atomic E-state index is 12.6. The van der Waals surface area contributed by atoms with Crippen LogP contribution < -0.4 is 16.0 Å². The Bertz CT molecular complexity index is 1020. The lowest BCUT2D eigenvalue weighted by atomic mass is 10.1. The fraction of sp³-hybridized carbons (Fsp3) is 0.136. The van der Waals surface area contributed by atoms with Gasteiger partial charge in [0.25, 0.3) is 11.8 Å². The summed E-state index contributed by atoms with van der Waals surface area (Å²) in [6.45, 7) is 1.84. The fourth-order valence-electron chi connectivity index (χ4n) is 2.67. The lowest BCUT2D eigenvalue weighted by molar-refractivity contribution is -0.119. The Kier molecular flexibility index (Phi) is 6.09. The van der Waals surface area contributed by atoms with Crippen molar-refractivity contribution in [3.63, 3.8) is 0 Å². The SMILES string of the molecule is CNC(=O)Cc1ccc(NC(=O)c2ccc(C)c(NC(=O)c3ccco3)c2)cc1. The first-order valence-corrected chi connectivity index (χ1v) is 9.02. The van der Waals surface area contributed by atoms with E-state index in [-0.39, 0.29) is 29.9 Å². The lowest BCUT2D eigenvalue weighted by Crippen LogP contribution is -2.19. The third-order valence-electron chi connectivity index (χ3n) is 4.35. The van der Waals surface area contributed by atoms with Gasteiger partial charge in [-0.3, -0.25) is 14.4 Å². The molecule has 0 fully saturated rings. The summed E-state index contributed by atoms with van der Waals surface area (Å²) in [5.41, 5.74) is 3.21. The summed E-state index contributed by atoms with van der Waals surface area (Å²) in [6, 6.07) is 15.3. The molecule has 3 aromatic rings. The van der Waals surface area contributed by atoms with Gasteiger partial charge in [-0.25, -0.2) is 0 Å². The number of aryl methyl sites for hydroxylation is 1. The average Bonchev–Trinajstić information content (AvgIpc) is 3.26. The first kappa shape index (κ1) is 19.9. The summed E-state index contributed by atoms with van der Waals surface area (Å²) in [6.07, 6.45) is 1.70. The van der Waals surface area contributed by atoms with Crippen molar-refractivity contribution in [2.24, 2.45) is 0 Å². The van der Waals surface area contributed by atoms with Crippen molar-refractivity contribution >= 4 is 29.1 Å². The zero-order valence-electron chi connectivity index (χ0n) is 16.1. The van der Waals surface area contributed by atoms with Gasteiger partial charge in [-0.05, 0) is 54.4 Å². The minimum Gasteiger partial charge on any atom is -0.459 e. The summed E-state index contributed by atoms with van der Waals surface area (Å²) >= 11 is 0. The fourth-order valence-corrected chi connectivity index (χ4v) is 2.67. The summed E-state index contributed by atoms with van der Waals surface area (Å²) in [7, 11) is 1.59. The highest BCUT2D eigenvalue weighted by atomic mass is 16.3. The highest BCUT2D eigenvalue weighted by Gasteiger charge is 2.13. The molecule has 3 N–H and O–H groups in total. The van der Waals surface area contributed by atoms with Crippen molar-refractivity contribution in [2.75, 3.05) is 17.7 Å². The molecule has 3 rings (SSSR count). The van der Waals surface area contributed by atoms with Gasteiger partial charge < -0.3 is 20.4 Å². The van der Waals surface area contributed by atoms with E-state index in [1.807, 2.05) is 6.92 Å². The Hall–Kier alpha value is -3.87. The molecule has 1 heterocycles. The van der Waals surface area contributed by atoms with Crippen molar-refractivity contribution in [3.05, 3.63) is 83.3 Å². The van der Waals surface area contributed by atoms with E-state index in [2.05, 4.69) is 16.0 Å². The summed E-state index contributed by atoms with van der Waals surface area (Å²) in [5.74, 6) is -0.582. The zero-order valence-corrected chi connectivity index (χ0v) is 16.1. The molecule has 1 aromatic heterocycles. The van der Waals surface area contributed by atoms with Crippen LogP contribution in [0.2, 0.25) is 0 Å². The Morgan fingerprint density at radius 1 is 0.931 bits per heavy atom. The number of likely N-dealkylation sites (N-methyl/N-ethyl adjacent to an activating group) is 1. The second-order valence-corrected chi connectivity index (χ2v) is 6.46. The number of hydrogen-bond donors (Lipinski definition) is 3. The standard InChI is InChI=1S/C22H21N3O4/c1-14-5-8-16(13-18(14)25-22(28)19-4-3-11-29-19)21(27)24-17-9-6-15(7-10-17)12-20(26)23-2/h3-11,13H,12H2,1-2H3,(H,23,26)(H,24,27)(H,25,28). The van der Waals surface area contributed by atoms with Crippen LogP contribution in [0, 0.1) is 6.92 Å². The molecule has 7 heteroatoms. The number of hydrogen-bond acceptors (Lipinski definition) is 4. The van der Waals surface area contributed by atoms with Gasteiger partial charge in [-0.1, -0.05) is 18.2 Å². The highest BCUT2D eigenvalue weighted by Crippen LogP contribution is 2.20. The van der Waals surface area contributed by atoms with Gasteiger partial charge in [0.1, 0.15) is 0 Å². The molecule has 29 heavy (non-hydrogen) atoms. The van der Waals surface area contributed by atoms with E-state index in [9.17, 15) is 14.4 Å². The van der Waals surface area contributed by atoms with Crippen LogP contribution in [0.5, 0.6) is 0 Å². The third kappa shape index (κ3) is 5.10. The van der Waals surface area contributed by atoms with Gasteiger partial charge in [0.2, 0.25) is 5.91 Å². The molecule has 0 atom stereocenters. The van der Waals surface area contributed by atoms with Gasteiger partial charge >= 0.3 is 0 Å². The molecule has 0 aliphatic carbocycles. The first-order chi connectivity index (χ1) is 14.0. The maximum absolute atomic E-state index is 12.6. The molecular formula is C22H21N3O4. The van der Waals surface area contributed by atoms with Gasteiger partial charge in [0.05, 0.1) is 12.7 Å². The second-order valence-electron chi connectivity index (χ2n) is 6.46. The molecule has 0 bridgehead atoms. The lowest BCUT2D eigenvalue weighted by Gasteiger charge is -2.11. The largest absolute Gasteiger partial charge is 0.459 e. The molecule has 7 nitrogen and oxygen atoms in total. The molecule has 3 amide bonds. The van der Waals surface area contributed by atoms with Crippen LogP contribution >= 0.6 is 0 Å². The number of anilines is 2. The summed E-state index contributed by atoms with van der Waals surface area (Å²) in [5, 5.41) is 8.13. The van der Waals surface area contributed by atoms with Crippen molar-refractivity contribution in [1.82, 2.24) is 5.32 Å². The number of amides is 3. The van der Waals surface area contributed by atoms with Crippen molar-refractivity contribution < 1.29 is 18.8 Å². The number of carbonyl (C=O) groups excluding carboxylic acids is 3. The van der Waals surface area contributed by atoms with Crippen LogP contribution in [0.25, 0.3) is 0 Å². The van der Waals surface area contributed by atoms with Gasteiger partial charge in [0.15, 0.2) is 5.76 Å². The molecular weight excluding hydrogens is 370 g/mol. The van der Waals surface area contributed by atoms with E-state index < -0.39 is 0 Å². The van der Waals surface area contributed by atoms with Gasteiger partial charge in [-0.2, -0.15) is 0 Å². The van der Waals surface area contributed by atoms with E-state index in [1.165, 1.54) is 6.26 Å². The smallest absolute Gasteiger partial charge is 0.291 e. The molecule has 0 spiro atoms. The van der Waals surface area contributed by atoms with Crippen LogP contribution in [0.1, 0.15) is 32.0 Å². The summed E-state index contributed by atoms with van der Waals surface area (Å²) in [4.78, 5) is 36.2. The van der Waals surface area contributed by atoms with E-state index >= 15 is 0 Å². The van der Waals surface area contributed by atoms with E-state index in [0.29, 0.717) is 16.9 Å². The number of nitrogens with one attached hydrogen (secondary N) is 3. The zero-order chi connectivity index (χ0) is 20.8. The Morgan fingerprint density at radius 2 is 1.69 bits per heavy atom.